The molecule has 2 rings (SSSR count). The normalized spacial score (nSPS) is 31.1. The van der Waals surface area contributed by atoms with Crippen molar-refractivity contribution in [2.24, 2.45) is 10.7 Å². The van der Waals surface area contributed by atoms with Crippen molar-refractivity contribution in [1.29, 1.82) is 0 Å². The zero-order valence-electron chi connectivity index (χ0n) is 9.03. The Hall–Kier alpha value is -0.710. The van der Waals surface area contributed by atoms with Crippen LogP contribution < -0.4 is 5.73 Å². The SMILES string of the molecule is CCCN1C(=O)N=C(N)C12CCCSC2. The van der Waals surface area contributed by atoms with Gasteiger partial charge in [0.05, 0.1) is 0 Å². The number of carbonyl (C=O) groups excluding carboxylic acids is 1. The maximum absolute atomic E-state index is 11.7. The molecule has 2 aliphatic rings. The van der Waals surface area contributed by atoms with Gasteiger partial charge in [-0.3, -0.25) is 0 Å². The number of rotatable bonds is 2. The van der Waals surface area contributed by atoms with E-state index in [1.54, 1.807) is 0 Å². The van der Waals surface area contributed by atoms with Gasteiger partial charge in [-0.05, 0) is 25.0 Å². The number of amidine groups is 1. The summed E-state index contributed by atoms with van der Waals surface area (Å²) < 4.78 is 0. The zero-order valence-corrected chi connectivity index (χ0v) is 9.85. The summed E-state index contributed by atoms with van der Waals surface area (Å²) in [6, 6.07) is -0.142. The summed E-state index contributed by atoms with van der Waals surface area (Å²) in [5.41, 5.74) is 5.68. The van der Waals surface area contributed by atoms with Crippen LogP contribution in [0.4, 0.5) is 4.79 Å². The average Bonchev–Trinajstić information content (AvgIpc) is 2.45. The molecule has 0 aromatic carbocycles. The zero-order chi connectivity index (χ0) is 10.9. The maximum atomic E-state index is 11.7. The highest BCUT2D eigenvalue weighted by atomic mass is 32.2. The van der Waals surface area contributed by atoms with E-state index < -0.39 is 0 Å². The Labute approximate surface area is 94.3 Å². The van der Waals surface area contributed by atoms with Gasteiger partial charge in [0.15, 0.2) is 0 Å². The number of nitrogens with two attached hydrogens (primary N) is 1. The van der Waals surface area contributed by atoms with Crippen LogP contribution >= 0.6 is 11.8 Å². The summed E-state index contributed by atoms with van der Waals surface area (Å²) in [5.74, 6) is 2.62. The van der Waals surface area contributed by atoms with Crippen LogP contribution in [0.2, 0.25) is 0 Å². The van der Waals surface area contributed by atoms with Gasteiger partial charge in [-0.25, -0.2) is 4.79 Å². The van der Waals surface area contributed by atoms with E-state index >= 15 is 0 Å². The molecule has 0 aromatic heterocycles. The molecule has 1 unspecified atom stereocenters. The van der Waals surface area contributed by atoms with Crippen molar-refractivity contribution < 1.29 is 4.79 Å². The fourth-order valence-electron chi connectivity index (χ4n) is 2.32. The largest absolute Gasteiger partial charge is 0.385 e. The first-order chi connectivity index (χ1) is 7.20. The summed E-state index contributed by atoms with van der Waals surface area (Å²) in [6.07, 6.45) is 3.05. The summed E-state index contributed by atoms with van der Waals surface area (Å²) in [6.45, 7) is 2.84. The first-order valence-corrected chi connectivity index (χ1v) is 6.60. The summed E-state index contributed by atoms with van der Waals surface area (Å²) >= 11 is 1.87. The first-order valence-electron chi connectivity index (χ1n) is 5.45. The van der Waals surface area contributed by atoms with Crippen LogP contribution in [0.1, 0.15) is 26.2 Å². The van der Waals surface area contributed by atoms with E-state index in [-0.39, 0.29) is 11.6 Å². The number of urea groups is 1. The lowest BCUT2D eigenvalue weighted by Gasteiger charge is -2.40. The van der Waals surface area contributed by atoms with Crippen molar-refractivity contribution in [2.45, 2.75) is 31.7 Å². The van der Waals surface area contributed by atoms with Crippen LogP contribution in [0, 0.1) is 0 Å². The molecule has 1 atom stereocenters. The molecular formula is C10H17N3OS. The molecule has 2 N–H and O–H groups in total. The average molecular weight is 227 g/mol. The van der Waals surface area contributed by atoms with Crippen LogP contribution in [-0.4, -0.2) is 40.4 Å². The van der Waals surface area contributed by atoms with E-state index in [1.165, 1.54) is 5.75 Å². The second-order valence-corrected chi connectivity index (χ2v) is 5.22. The lowest BCUT2D eigenvalue weighted by Crippen LogP contribution is -2.57. The quantitative estimate of drug-likeness (QED) is 0.777. The van der Waals surface area contributed by atoms with Gasteiger partial charge in [-0.1, -0.05) is 6.92 Å². The van der Waals surface area contributed by atoms with E-state index in [0.29, 0.717) is 5.84 Å². The van der Waals surface area contributed by atoms with Crippen molar-refractivity contribution in [3.8, 4) is 0 Å². The Kier molecular flexibility index (Phi) is 2.91. The van der Waals surface area contributed by atoms with Gasteiger partial charge in [0.2, 0.25) is 0 Å². The summed E-state index contributed by atoms with van der Waals surface area (Å²) in [7, 11) is 0. The number of hydrogen-bond donors (Lipinski definition) is 1. The number of aliphatic imine (C=N–C) groups is 1. The number of thioether (sulfide) groups is 1. The molecule has 5 heteroatoms. The van der Waals surface area contributed by atoms with Crippen LogP contribution in [0.15, 0.2) is 4.99 Å². The molecular weight excluding hydrogens is 210 g/mol. The predicted molar refractivity (Wildman–Crippen MR) is 63.3 cm³/mol. The van der Waals surface area contributed by atoms with Crippen LogP contribution in [-0.2, 0) is 0 Å². The van der Waals surface area contributed by atoms with E-state index in [1.807, 2.05) is 16.7 Å². The van der Waals surface area contributed by atoms with Crippen molar-refractivity contribution in [1.82, 2.24) is 4.90 Å². The van der Waals surface area contributed by atoms with Crippen LogP contribution in [0.25, 0.3) is 0 Å². The van der Waals surface area contributed by atoms with Gasteiger partial charge in [-0.15, -0.1) is 0 Å². The third-order valence-electron chi connectivity index (χ3n) is 3.11. The van der Waals surface area contributed by atoms with Gasteiger partial charge in [0.25, 0.3) is 0 Å². The lowest BCUT2D eigenvalue weighted by atomic mass is 9.93. The van der Waals surface area contributed by atoms with Gasteiger partial charge in [-0.2, -0.15) is 16.8 Å². The van der Waals surface area contributed by atoms with Crippen LogP contribution in [0.5, 0.6) is 0 Å². The smallest absolute Gasteiger partial charge is 0.346 e. The van der Waals surface area contributed by atoms with Crippen molar-refractivity contribution >= 4 is 23.6 Å². The van der Waals surface area contributed by atoms with Crippen LogP contribution in [0.3, 0.4) is 0 Å². The van der Waals surface area contributed by atoms with Crippen molar-refractivity contribution in [3.63, 3.8) is 0 Å². The number of hydrogen-bond acceptors (Lipinski definition) is 3. The summed E-state index contributed by atoms with van der Waals surface area (Å²) in [4.78, 5) is 17.5. The Morgan fingerprint density at radius 2 is 2.47 bits per heavy atom. The van der Waals surface area contributed by atoms with E-state index in [0.717, 1.165) is 31.6 Å². The van der Waals surface area contributed by atoms with E-state index in [4.69, 9.17) is 5.73 Å². The molecule has 0 radical (unpaired) electrons. The monoisotopic (exact) mass is 227 g/mol. The fourth-order valence-corrected chi connectivity index (χ4v) is 3.60. The second-order valence-electron chi connectivity index (χ2n) is 4.12. The second kappa shape index (κ2) is 4.04. The molecule has 15 heavy (non-hydrogen) atoms. The van der Waals surface area contributed by atoms with Crippen molar-refractivity contribution in [3.05, 3.63) is 0 Å². The molecule has 0 aliphatic carbocycles. The van der Waals surface area contributed by atoms with Gasteiger partial charge < -0.3 is 10.6 Å². The number of carbonyl (C=O) groups is 1. The van der Waals surface area contributed by atoms with Crippen molar-refractivity contribution in [2.75, 3.05) is 18.1 Å². The minimum absolute atomic E-state index is 0.142. The Bertz CT molecular complexity index is 297. The predicted octanol–water partition coefficient (Wildman–Crippen LogP) is 1.45. The Morgan fingerprint density at radius 1 is 1.67 bits per heavy atom. The number of amides is 2. The molecule has 1 saturated heterocycles. The first kappa shape index (κ1) is 10.8. The molecule has 1 spiro atoms. The molecule has 4 nitrogen and oxygen atoms in total. The van der Waals surface area contributed by atoms with Gasteiger partial charge >= 0.3 is 6.03 Å². The highest BCUT2D eigenvalue weighted by molar-refractivity contribution is 7.99. The molecule has 0 saturated carbocycles. The third-order valence-corrected chi connectivity index (χ3v) is 4.37. The van der Waals surface area contributed by atoms with E-state index in [2.05, 4.69) is 11.9 Å². The number of nitrogens with zero attached hydrogens (tertiary/aromatic N) is 2. The minimum atomic E-state index is -0.254. The highest BCUT2D eigenvalue weighted by Crippen LogP contribution is 2.36. The fraction of sp³-hybridized carbons (Fsp3) is 0.800. The molecule has 2 aliphatic heterocycles. The molecule has 84 valence electrons. The molecule has 2 heterocycles. The lowest BCUT2D eigenvalue weighted by molar-refractivity contribution is 0.174. The van der Waals surface area contributed by atoms with E-state index in [9.17, 15) is 4.79 Å². The third kappa shape index (κ3) is 1.62. The molecule has 2 amide bonds. The molecule has 1 fully saturated rings. The topological polar surface area (TPSA) is 58.7 Å². The standard InChI is InChI=1S/C10H17N3OS/c1-2-5-13-9(14)12-8(11)10(13)4-3-6-15-7-10/h2-7H2,1H3,(H2,11,12,14). The maximum Gasteiger partial charge on any atom is 0.346 e. The Morgan fingerprint density at radius 3 is 3.07 bits per heavy atom. The molecule has 0 aromatic rings. The molecule has 0 bridgehead atoms. The summed E-state index contributed by atoms with van der Waals surface area (Å²) in [5, 5.41) is 0. The van der Waals surface area contributed by atoms with Gasteiger partial charge in [0, 0.05) is 12.3 Å². The highest BCUT2D eigenvalue weighted by Gasteiger charge is 2.48. The van der Waals surface area contributed by atoms with Gasteiger partial charge in [0.1, 0.15) is 11.4 Å². The minimum Gasteiger partial charge on any atom is -0.385 e. The Balaban J connectivity index is 2.25.